The second-order valence-electron chi connectivity index (χ2n) is 10.4. The summed E-state index contributed by atoms with van der Waals surface area (Å²) >= 11 is 0. The molecule has 1 aromatic heterocycles. The Morgan fingerprint density at radius 1 is 0.929 bits per heavy atom. The van der Waals surface area contributed by atoms with Crippen LogP contribution in [0.25, 0.3) is 16.6 Å². The maximum Gasteiger partial charge on any atom is 0.322 e. The van der Waals surface area contributed by atoms with Crippen LogP contribution in [0.5, 0.6) is 5.75 Å². The fourth-order valence-electron chi connectivity index (χ4n) is 5.22. The van der Waals surface area contributed by atoms with Gasteiger partial charge in [-0.2, -0.15) is 0 Å². The van der Waals surface area contributed by atoms with Crippen LogP contribution in [0.4, 0.5) is 10.5 Å². The van der Waals surface area contributed by atoms with Gasteiger partial charge < -0.3 is 15.0 Å². The third-order valence-electron chi connectivity index (χ3n) is 7.68. The molecule has 0 saturated carbocycles. The maximum absolute atomic E-state index is 14.1. The summed E-state index contributed by atoms with van der Waals surface area (Å²) in [6.07, 6.45) is 1.19. The van der Waals surface area contributed by atoms with E-state index in [2.05, 4.69) is 17.4 Å². The van der Waals surface area contributed by atoms with Crippen LogP contribution >= 0.6 is 0 Å². The van der Waals surface area contributed by atoms with Crippen LogP contribution in [0, 0.1) is 13.8 Å². The predicted octanol–water partition coefficient (Wildman–Crippen LogP) is 7.24. The summed E-state index contributed by atoms with van der Waals surface area (Å²) < 4.78 is 7.04. The number of fused-ring (bicyclic) bond motifs is 1. The number of hydrogen-bond donors (Lipinski definition) is 1. The van der Waals surface area contributed by atoms with Crippen molar-refractivity contribution < 1.29 is 9.53 Å². The molecule has 0 aliphatic rings. The predicted molar refractivity (Wildman–Crippen MR) is 169 cm³/mol. The fraction of sp³-hybridized carbons (Fsp3) is 0.229. The minimum atomic E-state index is -0.488. The van der Waals surface area contributed by atoms with E-state index in [1.165, 1.54) is 0 Å². The molecular formula is C35H36N4O3. The first-order valence-electron chi connectivity index (χ1n) is 14.2. The highest BCUT2D eigenvalue weighted by Gasteiger charge is 2.29. The van der Waals surface area contributed by atoms with Crippen LogP contribution in [0.15, 0.2) is 102 Å². The van der Waals surface area contributed by atoms with E-state index in [9.17, 15) is 9.59 Å². The van der Waals surface area contributed by atoms with Gasteiger partial charge in [-0.1, -0.05) is 61.5 Å². The van der Waals surface area contributed by atoms with Crippen molar-refractivity contribution in [1.29, 1.82) is 0 Å². The van der Waals surface area contributed by atoms with Gasteiger partial charge in [0.2, 0.25) is 0 Å². The third kappa shape index (κ3) is 6.05. The molecule has 7 heteroatoms. The first-order valence-corrected chi connectivity index (χ1v) is 14.2. The SMILES string of the molecule is CCC(c1nc2ccccc2c(=O)n1-c1ccc(C)c(C)c1)N(CCc1ccccc1)C(=O)Nc1cccc(OC)c1. The van der Waals surface area contributed by atoms with E-state index in [0.717, 1.165) is 22.4 Å². The normalized spacial score (nSPS) is 11.7. The molecule has 5 rings (SSSR count). The number of benzene rings is 4. The zero-order valence-corrected chi connectivity index (χ0v) is 24.5. The summed E-state index contributed by atoms with van der Waals surface area (Å²) in [5, 5.41) is 3.59. The number of rotatable bonds is 9. The number of nitrogens with one attached hydrogen (secondary N) is 1. The van der Waals surface area contributed by atoms with Crippen molar-refractivity contribution in [2.45, 2.75) is 39.7 Å². The lowest BCUT2D eigenvalue weighted by Crippen LogP contribution is -2.42. The molecule has 2 amide bonds. The number of aromatic nitrogens is 2. The van der Waals surface area contributed by atoms with Crippen molar-refractivity contribution in [1.82, 2.24) is 14.5 Å². The molecule has 0 radical (unpaired) electrons. The largest absolute Gasteiger partial charge is 0.497 e. The van der Waals surface area contributed by atoms with Gasteiger partial charge in [-0.05, 0) is 79.8 Å². The number of para-hydroxylation sites is 1. The van der Waals surface area contributed by atoms with Gasteiger partial charge in [-0.25, -0.2) is 9.78 Å². The maximum atomic E-state index is 14.1. The number of carbonyl (C=O) groups excluding carboxylic acids is 1. The van der Waals surface area contributed by atoms with Crippen LogP contribution in [0.1, 0.15) is 41.9 Å². The molecule has 1 unspecified atom stereocenters. The van der Waals surface area contributed by atoms with E-state index in [4.69, 9.17) is 9.72 Å². The molecule has 0 bridgehead atoms. The van der Waals surface area contributed by atoms with Crippen LogP contribution in [0.2, 0.25) is 0 Å². The van der Waals surface area contributed by atoms with Crippen molar-refractivity contribution in [3.63, 3.8) is 0 Å². The van der Waals surface area contributed by atoms with E-state index in [1.807, 2.05) is 93.6 Å². The van der Waals surface area contributed by atoms with Crippen molar-refractivity contribution in [2.75, 3.05) is 19.0 Å². The van der Waals surface area contributed by atoms with Crippen molar-refractivity contribution in [2.24, 2.45) is 0 Å². The van der Waals surface area contributed by atoms with E-state index >= 15 is 0 Å². The highest BCUT2D eigenvalue weighted by Crippen LogP contribution is 2.28. The lowest BCUT2D eigenvalue weighted by atomic mass is 10.1. The molecule has 4 aromatic carbocycles. The zero-order valence-electron chi connectivity index (χ0n) is 24.5. The Balaban J connectivity index is 1.64. The summed E-state index contributed by atoms with van der Waals surface area (Å²) in [6, 6.07) is 29.9. The lowest BCUT2D eigenvalue weighted by molar-refractivity contribution is 0.182. The minimum Gasteiger partial charge on any atom is -0.497 e. The van der Waals surface area contributed by atoms with E-state index in [-0.39, 0.29) is 11.6 Å². The molecule has 0 spiro atoms. The Bertz CT molecular complexity index is 1760. The number of ether oxygens (including phenoxy) is 1. The number of methoxy groups -OCH3 is 1. The number of anilines is 1. The Kier molecular flexibility index (Phi) is 8.67. The van der Waals surface area contributed by atoms with Gasteiger partial charge in [0.25, 0.3) is 5.56 Å². The monoisotopic (exact) mass is 560 g/mol. The van der Waals surface area contributed by atoms with Gasteiger partial charge in [0.1, 0.15) is 11.6 Å². The number of amides is 2. The van der Waals surface area contributed by atoms with Gasteiger partial charge in [0.05, 0.1) is 29.7 Å². The number of nitrogens with zero attached hydrogens (tertiary/aromatic N) is 3. The van der Waals surface area contributed by atoms with Gasteiger partial charge in [0, 0.05) is 18.3 Å². The van der Waals surface area contributed by atoms with Crippen molar-refractivity contribution in [3.8, 4) is 11.4 Å². The Hall–Kier alpha value is -4.91. The minimum absolute atomic E-state index is 0.159. The van der Waals surface area contributed by atoms with Crippen LogP contribution in [-0.2, 0) is 6.42 Å². The molecular weight excluding hydrogens is 524 g/mol. The quantitative estimate of drug-likeness (QED) is 0.206. The summed E-state index contributed by atoms with van der Waals surface area (Å²) in [4.78, 5) is 35.0. The number of urea groups is 1. The first kappa shape index (κ1) is 28.6. The first-order chi connectivity index (χ1) is 20.4. The fourth-order valence-corrected chi connectivity index (χ4v) is 5.22. The Labute approximate surface area is 246 Å². The standard InChI is InChI=1S/C35H36N4O3/c1-5-32(33-37-31-17-10-9-16-30(31)34(40)39(33)28-19-18-24(2)25(3)22-28)38(21-20-26-12-7-6-8-13-26)35(41)36-27-14-11-15-29(23-27)42-4/h6-19,22-23,32H,5,20-21H2,1-4H3,(H,36,41). The van der Waals surface area contributed by atoms with Crippen molar-refractivity contribution >= 4 is 22.6 Å². The number of hydrogen-bond acceptors (Lipinski definition) is 4. The molecule has 5 aromatic rings. The van der Waals surface area contributed by atoms with Crippen LogP contribution < -0.4 is 15.6 Å². The smallest absolute Gasteiger partial charge is 0.322 e. The number of carbonyl (C=O) groups is 1. The van der Waals surface area contributed by atoms with Gasteiger partial charge in [-0.15, -0.1) is 0 Å². The average Bonchev–Trinajstić information content (AvgIpc) is 3.01. The van der Waals surface area contributed by atoms with Gasteiger partial charge >= 0.3 is 6.03 Å². The van der Waals surface area contributed by atoms with Gasteiger partial charge in [0.15, 0.2) is 0 Å². The van der Waals surface area contributed by atoms with E-state index in [1.54, 1.807) is 28.7 Å². The van der Waals surface area contributed by atoms with Gasteiger partial charge in [-0.3, -0.25) is 9.36 Å². The van der Waals surface area contributed by atoms with Crippen molar-refractivity contribution in [3.05, 3.63) is 130 Å². The lowest BCUT2D eigenvalue weighted by Gasteiger charge is -2.32. The Morgan fingerprint density at radius 2 is 1.69 bits per heavy atom. The topological polar surface area (TPSA) is 76.5 Å². The molecule has 1 N–H and O–H groups in total. The molecule has 214 valence electrons. The highest BCUT2D eigenvalue weighted by atomic mass is 16.5. The molecule has 7 nitrogen and oxygen atoms in total. The molecule has 0 aliphatic heterocycles. The molecule has 42 heavy (non-hydrogen) atoms. The summed E-state index contributed by atoms with van der Waals surface area (Å²) in [5.74, 6) is 1.17. The number of aryl methyl sites for hydroxylation is 2. The third-order valence-corrected chi connectivity index (χ3v) is 7.68. The summed E-state index contributed by atoms with van der Waals surface area (Å²) in [7, 11) is 1.59. The van der Waals surface area contributed by atoms with E-state index in [0.29, 0.717) is 47.6 Å². The Morgan fingerprint density at radius 3 is 2.43 bits per heavy atom. The molecule has 0 saturated heterocycles. The van der Waals surface area contributed by atoms with Crippen LogP contribution in [-0.4, -0.2) is 34.1 Å². The second kappa shape index (κ2) is 12.7. The second-order valence-corrected chi connectivity index (χ2v) is 10.4. The summed E-state index contributed by atoms with van der Waals surface area (Å²) in [5.41, 5.74) is 5.12. The molecule has 0 fully saturated rings. The summed E-state index contributed by atoms with van der Waals surface area (Å²) in [6.45, 7) is 6.52. The van der Waals surface area contributed by atoms with E-state index < -0.39 is 6.04 Å². The molecule has 1 heterocycles. The highest BCUT2D eigenvalue weighted by molar-refractivity contribution is 5.90. The molecule has 0 aliphatic carbocycles. The average molecular weight is 561 g/mol. The molecule has 1 atom stereocenters. The zero-order chi connectivity index (χ0) is 29.6. The van der Waals surface area contributed by atoms with Crippen LogP contribution in [0.3, 0.4) is 0 Å².